The predicted octanol–water partition coefficient (Wildman–Crippen LogP) is 4.45. The maximum atomic E-state index is 5.41. The molecule has 3 heteroatoms. The van der Waals surface area contributed by atoms with Crippen molar-refractivity contribution in [1.82, 2.24) is 10.1 Å². The van der Waals surface area contributed by atoms with Crippen molar-refractivity contribution in [2.45, 2.75) is 46.5 Å². The number of nitrogens with zero attached hydrogens (tertiary/aromatic N) is 2. The minimum atomic E-state index is 0.446. The van der Waals surface area contributed by atoms with E-state index in [1.807, 2.05) is 6.07 Å². The van der Waals surface area contributed by atoms with E-state index in [9.17, 15) is 0 Å². The molecular weight excluding hydrogens is 236 g/mol. The molecule has 19 heavy (non-hydrogen) atoms. The first-order valence-corrected chi connectivity index (χ1v) is 6.99. The van der Waals surface area contributed by atoms with Gasteiger partial charge in [-0.2, -0.15) is 4.98 Å². The van der Waals surface area contributed by atoms with E-state index in [0.29, 0.717) is 17.7 Å². The zero-order valence-electron chi connectivity index (χ0n) is 12.2. The van der Waals surface area contributed by atoms with Gasteiger partial charge in [-0.3, -0.25) is 0 Å². The SMILES string of the molecule is CC(C)CCc1noc(-c2ccccc2C(C)C)n1. The molecule has 0 radical (unpaired) electrons. The van der Waals surface area contributed by atoms with Crippen LogP contribution in [0.2, 0.25) is 0 Å². The molecule has 0 aliphatic carbocycles. The fourth-order valence-corrected chi connectivity index (χ4v) is 2.08. The van der Waals surface area contributed by atoms with Gasteiger partial charge in [-0.25, -0.2) is 0 Å². The lowest BCUT2D eigenvalue weighted by atomic mass is 9.97. The summed E-state index contributed by atoms with van der Waals surface area (Å²) in [6, 6.07) is 8.24. The molecule has 0 aliphatic heterocycles. The highest BCUT2D eigenvalue weighted by molar-refractivity contribution is 5.59. The molecule has 0 saturated carbocycles. The van der Waals surface area contributed by atoms with Crippen molar-refractivity contribution < 1.29 is 4.52 Å². The van der Waals surface area contributed by atoms with Gasteiger partial charge in [0.15, 0.2) is 5.82 Å². The van der Waals surface area contributed by atoms with Crippen LogP contribution in [0.1, 0.15) is 51.4 Å². The van der Waals surface area contributed by atoms with Gasteiger partial charge in [-0.15, -0.1) is 0 Å². The van der Waals surface area contributed by atoms with E-state index in [0.717, 1.165) is 24.2 Å². The first-order chi connectivity index (χ1) is 9.08. The van der Waals surface area contributed by atoms with Gasteiger partial charge >= 0.3 is 0 Å². The highest BCUT2D eigenvalue weighted by atomic mass is 16.5. The van der Waals surface area contributed by atoms with Crippen molar-refractivity contribution in [3.05, 3.63) is 35.7 Å². The zero-order valence-corrected chi connectivity index (χ0v) is 12.2. The Labute approximate surface area is 115 Å². The van der Waals surface area contributed by atoms with Gasteiger partial charge in [-0.05, 0) is 29.9 Å². The largest absolute Gasteiger partial charge is 0.334 e. The van der Waals surface area contributed by atoms with Crippen LogP contribution in [0.25, 0.3) is 11.5 Å². The number of rotatable bonds is 5. The van der Waals surface area contributed by atoms with Gasteiger partial charge in [0, 0.05) is 12.0 Å². The number of hydrogen-bond acceptors (Lipinski definition) is 3. The van der Waals surface area contributed by atoms with Crippen molar-refractivity contribution in [3.8, 4) is 11.5 Å². The van der Waals surface area contributed by atoms with Gasteiger partial charge in [0.05, 0.1) is 0 Å². The van der Waals surface area contributed by atoms with Crippen molar-refractivity contribution in [1.29, 1.82) is 0 Å². The first-order valence-electron chi connectivity index (χ1n) is 6.99. The summed E-state index contributed by atoms with van der Waals surface area (Å²) in [5.41, 5.74) is 2.31. The van der Waals surface area contributed by atoms with Gasteiger partial charge < -0.3 is 4.52 Å². The van der Waals surface area contributed by atoms with Gasteiger partial charge in [0.25, 0.3) is 5.89 Å². The lowest BCUT2D eigenvalue weighted by molar-refractivity contribution is 0.418. The molecule has 0 unspecified atom stereocenters. The van der Waals surface area contributed by atoms with Crippen LogP contribution in [0.4, 0.5) is 0 Å². The van der Waals surface area contributed by atoms with Crippen molar-refractivity contribution >= 4 is 0 Å². The molecular formula is C16H22N2O. The fraction of sp³-hybridized carbons (Fsp3) is 0.500. The van der Waals surface area contributed by atoms with Crippen LogP contribution in [0.15, 0.2) is 28.8 Å². The number of hydrogen-bond donors (Lipinski definition) is 0. The normalized spacial score (nSPS) is 11.5. The molecule has 3 nitrogen and oxygen atoms in total. The molecule has 1 heterocycles. The average Bonchev–Trinajstić information content (AvgIpc) is 2.85. The maximum Gasteiger partial charge on any atom is 0.258 e. The molecule has 0 spiro atoms. The highest BCUT2D eigenvalue weighted by Gasteiger charge is 2.14. The second-order valence-electron chi connectivity index (χ2n) is 5.69. The van der Waals surface area contributed by atoms with E-state index >= 15 is 0 Å². The lowest BCUT2D eigenvalue weighted by Crippen LogP contribution is -1.95. The maximum absolute atomic E-state index is 5.41. The Bertz CT molecular complexity index is 529. The number of benzene rings is 1. The van der Waals surface area contributed by atoms with E-state index in [2.05, 4.69) is 56.0 Å². The molecule has 1 aromatic carbocycles. The Balaban J connectivity index is 2.23. The van der Waals surface area contributed by atoms with Crippen molar-refractivity contribution in [2.24, 2.45) is 5.92 Å². The molecule has 0 amide bonds. The molecule has 1 aromatic heterocycles. The van der Waals surface area contributed by atoms with Gasteiger partial charge in [0.1, 0.15) is 0 Å². The topological polar surface area (TPSA) is 38.9 Å². The third kappa shape index (κ3) is 3.43. The van der Waals surface area contributed by atoms with Crippen LogP contribution in [-0.4, -0.2) is 10.1 Å². The summed E-state index contributed by atoms with van der Waals surface area (Å²) in [7, 11) is 0. The molecule has 0 aliphatic rings. The lowest BCUT2D eigenvalue weighted by Gasteiger charge is -2.08. The minimum Gasteiger partial charge on any atom is -0.334 e. The Kier molecular flexibility index (Phi) is 4.35. The van der Waals surface area contributed by atoms with Gasteiger partial charge in [0.2, 0.25) is 0 Å². The second-order valence-corrected chi connectivity index (χ2v) is 5.69. The molecule has 0 atom stereocenters. The Morgan fingerprint density at radius 1 is 1.11 bits per heavy atom. The van der Waals surface area contributed by atoms with Crippen molar-refractivity contribution in [2.75, 3.05) is 0 Å². The first kappa shape index (κ1) is 13.8. The molecule has 102 valence electrons. The predicted molar refractivity (Wildman–Crippen MR) is 77.0 cm³/mol. The Hall–Kier alpha value is -1.64. The van der Waals surface area contributed by atoms with E-state index in [-0.39, 0.29) is 0 Å². The second kappa shape index (κ2) is 6.00. The summed E-state index contributed by atoms with van der Waals surface area (Å²) in [4.78, 5) is 4.52. The third-order valence-corrected chi connectivity index (χ3v) is 3.23. The summed E-state index contributed by atoms with van der Waals surface area (Å²) in [5, 5.41) is 4.08. The quantitative estimate of drug-likeness (QED) is 0.795. The molecule has 2 aromatic rings. The molecule has 0 bridgehead atoms. The molecule has 0 fully saturated rings. The summed E-state index contributed by atoms with van der Waals surface area (Å²) in [5.74, 6) is 2.55. The van der Waals surface area contributed by atoms with Crippen LogP contribution < -0.4 is 0 Å². The van der Waals surface area contributed by atoms with Crippen LogP contribution in [0, 0.1) is 5.92 Å². The summed E-state index contributed by atoms with van der Waals surface area (Å²) in [6.45, 7) is 8.76. The van der Waals surface area contributed by atoms with Crippen LogP contribution in [0.5, 0.6) is 0 Å². The minimum absolute atomic E-state index is 0.446. The molecule has 2 rings (SSSR count). The van der Waals surface area contributed by atoms with Crippen LogP contribution in [-0.2, 0) is 6.42 Å². The highest BCUT2D eigenvalue weighted by Crippen LogP contribution is 2.27. The third-order valence-electron chi connectivity index (χ3n) is 3.23. The Morgan fingerprint density at radius 2 is 1.84 bits per heavy atom. The summed E-state index contributed by atoms with van der Waals surface area (Å²) >= 11 is 0. The summed E-state index contributed by atoms with van der Waals surface area (Å²) < 4.78 is 5.41. The fourth-order valence-electron chi connectivity index (χ4n) is 2.08. The van der Waals surface area contributed by atoms with E-state index < -0.39 is 0 Å². The van der Waals surface area contributed by atoms with E-state index in [1.54, 1.807) is 0 Å². The van der Waals surface area contributed by atoms with Crippen LogP contribution >= 0.6 is 0 Å². The summed E-state index contributed by atoms with van der Waals surface area (Å²) in [6.07, 6.45) is 1.97. The van der Waals surface area contributed by atoms with E-state index in [4.69, 9.17) is 4.52 Å². The standard InChI is InChI=1S/C16H22N2O/c1-11(2)9-10-15-17-16(19-18-15)14-8-6-5-7-13(14)12(3)4/h5-8,11-12H,9-10H2,1-4H3. The average molecular weight is 258 g/mol. The van der Waals surface area contributed by atoms with E-state index in [1.165, 1.54) is 5.56 Å². The zero-order chi connectivity index (χ0) is 13.8. The monoisotopic (exact) mass is 258 g/mol. The molecule has 0 saturated heterocycles. The van der Waals surface area contributed by atoms with Crippen LogP contribution in [0.3, 0.4) is 0 Å². The number of aryl methyl sites for hydroxylation is 1. The Morgan fingerprint density at radius 3 is 2.53 bits per heavy atom. The van der Waals surface area contributed by atoms with Crippen molar-refractivity contribution in [3.63, 3.8) is 0 Å². The molecule has 0 N–H and O–H groups in total. The van der Waals surface area contributed by atoms with Gasteiger partial charge in [-0.1, -0.05) is 51.1 Å². The number of aromatic nitrogens is 2. The smallest absolute Gasteiger partial charge is 0.258 e.